The maximum absolute atomic E-state index is 12.2. The average Bonchev–Trinajstić information content (AvgIpc) is 4.01. The molecule has 10 heteroatoms. The predicted molar refractivity (Wildman–Crippen MR) is 214 cm³/mol. The highest BCUT2D eigenvalue weighted by atomic mass is 16.4. The van der Waals surface area contributed by atoms with Gasteiger partial charge in [0.05, 0.1) is 17.8 Å². The number of carbonyl (C=O) groups is 3. The fraction of sp³-hybridized carbons (Fsp3) is 0.533. The van der Waals surface area contributed by atoms with E-state index >= 15 is 0 Å². The Morgan fingerprint density at radius 2 is 0.800 bits per heavy atom. The predicted octanol–water partition coefficient (Wildman–Crippen LogP) is 4.57. The Balaban J connectivity index is 1.12. The van der Waals surface area contributed by atoms with Crippen molar-refractivity contribution >= 4 is 17.9 Å². The molecule has 0 saturated carbocycles. The minimum Gasteiger partial charge on any atom is -0.481 e. The Hall–Kier alpha value is -4.09. The van der Waals surface area contributed by atoms with Gasteiger partial charge >= 0.3 is 17.9 Å². The van der Waals surface area contributed by atoms with Gasteiger partial charge in [0.15, 0.2) is 0 Å². The van der Waals surface area contributed by atoms with Gasteiger partial charge in [0.25, 0.3) is 0 Å². The van der Waals surface area contributed by atoms with Crippen LogP contribution in [0.3, 0.4) is 0 Å². The van der Waals surface area contributed by atoms with Crippen LogP contribution in [0.2, 0.25) is 0 Å². The van der Waals surface area contributed by atoms with E-state index < -0.39 is 35.7 Å². The zero-order valence-electron chi connectivity index (χ0n) is 32.1. The molecule has 3 fully saturated rings. The number of hydrogen-bond donors (Lipinski definition) is 6. The van der Waals surface area contributed by atoms with E-state index in [-0.39, 0.29) is 17.8 Å². The van der Waals surface area contributed by atoms with Crippen molar-refractivity contribution in [3.05, 3.63) is 106 Å². The molecule has 3 aliphatic heterocycles. The smallest absolute Gasteiger partial charge is 0.307 e. The summed E-state index contributed by atoms with van der Waals surface area (Å²) in [5, 5.41) is 40.0. The molecule has 3 saturated heterocycles. The number of carboxylic acids is 3. The summed E-state index contributed by atoms with van der Waals surface area (Å²) in [6, 6.07) is 25.3. The Morgan fingerprint density at radius 3 is 1.05 bits per heavy atom. The zero-order valence-corrected chi connectivity index (χ0v) is 32.1. The Kier molecular flexibility index (Phi) is 14.9. The highest BCUT2D eigenvalue weighted by molar-refractivity contribution is 5.72. The number of rotatable bonds is 21. The molecule has 3 aliphatic rings. The van der Waals surface area contributed by atoms with Gasteiger partial charge in [-0.1, -0.05) is 72.8 Å². The Labute approximate surface area is 326 Å². The second-order valence-corrected chi connectivity index (χ2v) is 16.3. The molecule has 3 heterocycles. The van der Waals surface area contributed by atoms with Crippen molar-refractivity contribution in [2.45, 2.75) is 57.8 Å². The maximum Gasteiger partial charge on any atom is 0.307 e. The van der Waals surface area contributed by atoms with E-state index in [1.165, 1.54) is 16.7 Å². The van der Waals surface area contributed by atoms with Gasteiger partial charge in [-0.25, -0.2) is 0 Å². The molecule has 55 heavy (non-hydrogen) atoms. The summed E-state index contributed by atoms with van der Waals surface area (Å²) in [6.07, 6.45) is 6.80. The van der Waals surface area contributed by atoms with Crippen LogP contribution in [-0.2, 0) is 52.9 Å². The van der Waals surface area contributed by atoms with Crippen LogP contribution in [0.5, 0.6) is 0 Å². The number of carboxylic acid groups (broad SMARTS) is 3. The van der Waals surface area contributed by atoms with Crippen LogP contribution in [0.15, 0.2) is 72.8 Å². The third-order valence-electron chi connectivity index (χ3n) is 12.4. The molecule has 296 valence electrons. The zero-order chi connectivity index (χ0) is 38.6. The van der Waals surface area contributed by atoms with Gasteiger partial charge in [-0.2, -0.15) is 0 Å². The lowest BCUT2D eigenvalue weighted by Gasteiger charge is -2.24. The SMILES string of the molecule is O=C(O)[C@@H](Cc1cccc(CCN(CCc2cccc(C[C@H](C(=O)O)[C@H]3CCNC3)c2)CCc2cccc(C[C@H](C(=O)O)[C@H]3CCNC3)c2)c1)[C@H]1CCNC1. The number of nitrogens with zero attached hydrogens (tertiary/aromatic N) is 1. The van der Waals surface area contributed by atoms with Crippen molar-refractivity contribution in [1.82, 2.24) is 20.9 Å². The largest absolute Gasteiger partial charge is 0.481 e. The van der Waals surface area contributed by atoms with Crippen LogP contribution in [0, 0.1) is 35.5 Å². The third kappa shape index (κ3) is 12.0. The van der Waals surface area contributed by atoms with Gasteiger partial charge in [-0.3, -0.25) is 14.4 Å². The van der Waals surface area contributed by atoms with Crippen LogP contribution in [0.4, 0.5) is 0 Å². The maximum atomic E-state index is 12.2. The lowest BCUT2D eigenvalue weighted by atomic mass is 9.85. The van der Waals surface area contributed by atoms with Gasteiger partial charge in [-0.05, 0) is 148 Å². The monoisotopic (exact) mass is 752 g/mol. The molecule has 6 atom stereocenters. The summed E-state index contributed by atoms with van der Waals surface area (Å²) in [6.45, 7) is 7.41. The van der Waals surface area contributed by atoms with Gasteiger partial charge < -0.3 is 36.2 Å². The van der Waals surface area contributed by atoms with Gasteiger partial charge in [-0.15, -0.1) is 0 Å². The number of aliphatic carboxylic acids is 3. The quantitative estimate of drug-likeness (QED) is 0.0914. The molecule has 6 rings (SSSR count). The van der Waals surface area contributed by atoms with Crippen molar-refractivity contribution in [1.29, 1.82) is 0 Å². The molecule has 0 bridgehead atoms. The van der Waals surface area contributed by atoms with Crippen LogP contribution in [-0.4, -0.2) is 97.0 Å². The average molecular weight is 753 g/mol. The fourth-order valence-corrected chi connectivity index (χ4v) is 9.12. The van der Waals surface area contributed by atoms with Crippen molar-refractivity contribution in [3.63, 3.8) is 0 Å². The van der Waals surface area contributed by atoms with Crippen LogP contribution >= 0.6 is 0 Å². The van der Waals surface area contributed by atoms with E-state index in [2.05, 4.69) is 93.6 Å². The summed E-state index contributed by atoms with van der Waals surface area (Å²) < 4.78 is 0. The van der Waals surface area contributed by atoms with E-state index in [0.717, 1.165) is 114 Å². The summed E-state index contributed by atoms with van der Waals surface area (Å²) in [7, 11) is 0. The van der Waals surface area contributed by atoms with Crippen molar-refractivity contribution in [3.8, 4) is 0 Å². The molecule has 0 amide bonds. The summed E-state index contributed by atoms with van der Waals surface area (Å²) in [5.74, 6) is -2.89. The number of nitrogens with one attached hydrogen (secondary N) is 3. The van der Waals surface area contributed by atoms with Crippen LogP contribution < -0.4 is 16.0 Å². The van der Waals surface area contributed by atoms with Gasteiger partial charge in [0.2, 0.25) is 0 Å². The minimum absolute atomic E-state index is 0.151. The molecule has 0 unspecified atom stereocenters. The molecule has 6 N–H and O–H groups in total. The van der Waals surface area contributed by atoms with E-state index in [1.54, 1.807) is 0 Å². The lowest BCUT2D eigenvalue weighted by Crippen LogP contribution is -2.31. The standard InChI is InChI=1S/C45H60N4O6/c50-43(51)40(37-10-16-46-28-37)25-34-7-1-4-31(22-34)13-19-49(20-14-32-5-2-8-35(23-32)26-41(44(52)53)38-11-17-47-29-38)21-15-33-6-3-9-36(24-33)27-42(45(54)55)39-12-18-48-30-39/h1-9,22-24,37-42,46-48H,10-21,25-30H2,(H,50,51)(H,52,53)(H,54,55)/t37-,38-,39-,40-,41-,42-/m0/s1. The van der Waals surface area contributed by atoms with Crippen LogP contribution in [0.25, 0.3) is 0 Å². The summed E-state index contributed by atoms with van der Waals surface area (Å²) >= 11 is 0. The van der Waals surface area contributed by atoms with Crippen molar-refractivity contribution in [2.24, 2.45) is 35.5 Å². The Morgan fingerprint density at radius 1 is 0.509 bits per heavy atom. The van der Waals surface area contributed by atoms with Gasteiger partial charge in [0.1, 0.15) is 0 Å². The minimum atomic E-state index is -0.721. The lowest BCUT2D eigenvalue weighted by molar-refractivity contribution is -0.144. The number of hydrogen-bond acceptors (Lipinski definition) is 7. The molecule has 10 nitrogen and oxygen atoms in total. The highest BCUT2D eigenvalue weighted by Crippen LogP contribution is 2.27. The molecule has 0 aromatic heterocycles. The second-order valence-electron chi connectivity index (χ2n) is 16.3. The molecular formula is C45H60N4O6. The molecule has 3 aromatic rings. The van der Waals surface area contributed by atoms with Crippen LogP contribution in [0.1, 0.15) is 52.6 Å². The fourth-order valence-electron chi connectivity index (χ4n) is 9.12. The normalized spacial score (nSPS) is 21.4. The second kappa shape index (κ2) is 20.2. The Bertz CT molecular complexity index is 1520. The first-order valence-corrected chi connectivity index (χ1v) is 20.5. The molecule has 0 spiro atoms. The summed E-state index contributed by atoms with van der Waals surface area (Å²) in [4.78, 5) is 39.1. The first kappa shape index (κ1) is 40.6. The van der Waals surface area contributed by atoms with Gasteiger partial charge in [0, 0.05) is 19.6 Å². The highest BCUT2D eigenvalue weighted by Gasteiger charge is 2.32. The van der Waals surface area contributed by atoms with Crippen molar-refractivity contribution < 1.29 is 29.7 Å². The molecule has 0 radical (unpaired) electrons. The van der Waals surface area contributed by atoms with E-state index in [0.29, 0.717) is 19.3 Å². The first-order chi connectivity index (χ1) is 26.7. The number of benzene rings is 3. The van der Waals surface area contributed by atoms with E-state index in [1.807, 2.05) is 0 Å². The van der Waals surface area contributed by atoms with E-state index in [4.69, 9.17) is 0 Å². The third-order valence-corrected chi connectivity index (χ3v) is 12.4. The molecular weight excluding hydrogens is 693 g/mol. The van der Waals surface area contributed by atoms with E-state index in [9.17, 15) is 29.7 Å². The van der Waals surface area contributed by atoms with Crippen molar-refractivity contribution in [2.75, 3.05) is 58.9 Å². The molecule has 0 aliphatic carbocycles. The molecule has 3 aromatic carbocycles. The topological polar surface area (TPSA) is 151 Å². The summed E-state index contributed by atoms with van der Waals surface area (Å²) in [5.41, 5.74) is 6.79. The first-order valence-electron chi connectivity index (χ1n) is 20.5.